The molecule has 1 aromatic rings. The van der Waals surface area contributed by atoms with E-state index in [0.29, 0.717) is 23.5 Å². The van der Waals surface area contributed by atoms with Crippen molar-refractivity contribution in [2.75, 3.05) is 37.9 Å². The Hall–Kier alpha value is -1.62. The van der Waals surface area contributed by atoms with E-state index < -0.39 is 0 Å². The van der Waals surface area contributed by atoms with Gasteiger partial charge in [0.15, 0.2) is 5.78 Å². The first kappa shape index (κ1) is 14.8. The summed E-state index contributed by atoms with van der Waals surface area (Å²) in [5.74, 6) is -0.124. The highest BCUT2D eigenvalue weighted by Crippen LogP contribution is 2.39. The zero-order valence-corrected chi connectivity index (χ0v) is 12.5. The summed E-state index contributed by atoms with van der Waals surface area (Å²) in [6, 6.07) is 2.09. The van der Waals surface area contributed by atoms with Crippen LogP contribution in [0.1, 0.15) is 22.2 Å². The molecule has 2 heterocycles. The molecule has 1 aromatic heterocycles. The lowest BCUT2D eigenvalue weighted by Gasteiger charge is -2.15. The molecule has 108 valence electrons. The van der Waals surface area contributed by atoms with Crippen LogP contribution in [-0.2, 0) is 9.47 Å². The summed E-state index contributed by atoms with van der Waals surface area (Å²) in [5, 5.41) is 10.00. The number of nitrogen functional groups attached to an aromatic ring is 1. The number of nitrogens with two attached hydrogens (primary N) is 1. The predicted octanol–water partition coefficient (Wildman–Crippen LogP) is 1.25. The van der Waals surface area contributed by atoms with E-state index in [-0.39, 0.29) is 23.7 Å². The summed E-state index contributed by atoms with van der Waals surface area (Å²) in [5.41, 5.74) is 6.54. The molecule has 0 spiro atoms. The Bertz CT molecular complexity index is 552. The normalized spacial score (nSPS) is 22.0. The van der Waals surface area contributed by atoms with E-state index in [1.54, 1.807) is 14.2 Å². The quantitative estimate of drug-likeness (QED) is 0.841. The van der Waals surface area contributed by atoms with Crippen LogP contribution in [0.5, 0.6) is 0 Å². The summed E-state index contributed by atoms with van der Waals surface area (Å²) < 4.78 is 10.8. The number of hydrogen-bond donors (Lipinski definition) is 1. The molecule has 2 atom stereocenters. The molecular weight excluding hydrogens is 278 g/mol. The smallest absolute Gasteiger partial charge is 0.171 e. The molecule has 0 aromatic carbocycles. The monoisotopic (exact) mass is 295 g/mol. The highest BCUT2D eigenvalue weighted by atomic mass is 32.1. The third-order valence-electron chi connectivity index (χ3n) is 3.47. The number of rotatable bonds is 4. The van der Waals surface area contributed by atoms with Gasteiger partial charge in [-0.15, -0.1) is 11.3 Å². The third kappa shape index (κ3) is 2.38. The van der Waals surface area contributed by atoms with E-state index in [2.05, 4.69) is 6.07 Å². The first-order valence-electron chi connectivity index (χ1n) is 6.17. The van der Waals surface area contributed by atoms with Crippen LogP contribution in [0, 0.1) is 11.3 Å². The Morgan fingerprint density at radius 1 is 1.40 bits per heavy atom. The zero-order chi connectivity index (χ0) is 14.9. The number of ketones is 1. The van der Waals surface area contributed by atoms with Crippen molar-refractivity contribution in [3.05, 3.63) is 10.4 Å². The maximum atomic E-state index is 11.6. The number of methoxy groups -OCH3 is 2. The second-order valence-corrected chi connectivity index (χ2v) is 5.65. The molecule has 0 saturated carbocycles. The van der Waals surface area contributed by atoms with Gasteiger partial charge in [-0.05, 0) is 0 Å². The summed E-state index contributed by atoms with van der Waals surface area (Å²) >= 11 is 1.26. The van der Waals surface area contributed by atoms with Crippen molar-refractivity contribution in [3.63, 3.8) is 0 Å². The summed E-state index contributed by atoms with van der Waals surface area (Å²) in [6.45, 7) is 2.68. The standard InChI is InChI=1S/C13H17N3O3S/c1-7(17)12-11(15)8(4-14)13(20-12)16-5-9(18-2)10(6-16)19-3/h9-10H,5-6,15H2,1-3H3. The minimum absolute atomic E-state index is 0.0596. The van der Waals surface area contributed by atoms with Gasteiger partial charge in [-0.1, -0.05) is 0 Å². The molecule has 0 aliphatic carbocycles. The Labute approximate surface area is 121 Å². The van der Waals surface area contributed by atoms with Crippen molar-refractivity contribution >= 4 is 27.8 Å². The van der Waals surface area contributed by atoms with Gasteiger partial charge in [-0.25, -0.2) is 0 Å². The summed E-state index contributed by atoms with van der Waals surface area (Å²) in [7, 11) is 3.27. The number of carbonyl (C=O) groups is 1. The highest BCUT2D eigenvalue weighted by Gasteiger charge is 2.36. The van der Waals surface area contributed by atoms with Crippen molar-refractivity contribution in [1.29, 1.82) is 5.26 Å². The number of thiophene rings is 1. The number of Topliss-reactive ketones (excluding diaryl/α,β-unsaturated/α-hetero) is 1. The van der Waals surface area contributed by atoms with Crippen molar-refractivity contribution in [2.45, 2.75) is 19.1 Å². The fourth-order valence-electron chi connectivity index (χ4n) is 2.39. The Balaban J connectivity index is 2.37. The highest BCUT2D eigenvalue weighted by molar-refractivity contribution is 7.19. The number of anilines is 2. The van der Waals surface area contributed by atoms with Crippen LogP contribution < -0.4 is 10.6 Å². The molecule has 1 aliphatic rings. The molecule has 1 fully saturated rings. The maximum Gasteiger partial charge on any atom is 0.171 e. The molecule has 0 amide bonds. The third-order valence-corrected chi connectivity index (χ3v) is 4.83. The fourth-order valence-corrected chi connectivity index (χ4v) is 3.47. The summed E-state index contributed by atoms with van der Waals surface area (Å²) in [6.07, 6.45) is -0.119. The van der Waals surface area contributed by atoms with Crippen LogP contribution in [0.3, 0.4) is 0 Å². The lowest BCUT2D eigenvalue weighted by Crippen LogP contribution is -2.27. The van der Waals surface area contributed by atoms with Crippen LogP contribution >= 0.6 is 11.3 Å². The van der Waals surface area contributed by atoms with Crippen molar-refractivity contribution in [3.8, 4) is 6.07 Å². The molecule has 7 heteroatoms. The van der Waals surface area contributed by atoms with Crippen molar-refractivity contribution in [1.82, 2.24) is 0 Å². The minimum Gasteiger partial charge on any atom is -0.396 e. The van der Waals surface area contributed by atoms with Gasteiger partial charge in [0.1, 0.15) is 28.8 Å². The zero-order valence-electron chi connectivity index (χ0n) is 11.7. The molecule has 2 unspecified atom stereocenters. The maximum absolute atomic E-state index is 11.6. The van der Waals surface area contributed by atoms with Crippen LogP contribution in [0.4, 0.5) is 10.7 Å². The van der Waals surface area contributed by atoms with E-state index in [1.807, 2.05) is 4.90 Å². The van der Waals surface area contributed by atoms with E-state index in [4.69, 9.17) is 15.2 Å². The van der Waals surface area contributed by atoms with Gasteiger partial charge in [0.2, 0.25) is 0 Å². The molecule has 2 N–H and O–H groups in total. The topological polar surface area (TPSA) is 88.6 Å². The first-order chi connectivity index (χ1) is 9.53. The van der Waals surface area contributed by atoms with E-state index >= 15 is 0 Å². The first-order valence-corrected chi connectivity index (χ1v) is 6.98. The van der Waals surface area contributed by atoms with Crippen LogP contribution in [0.15, 0.2) is 0 Å². The minimum atomic E-state index is -0.124. The Kier molecular flexibility index (Phi) is 4.28. The molecule has 1 aliphatic heterocycles. The largest absolute Gasteiger partial charge is 0.396 e. The number of nitriles is 1. The van der Waals surface area contributed by atoms with E-state index in [9.17, 15) is 10.1 Å². The van der Waals surface area contributed by atoms with Gasteiger partial charge in [-0.2, -0.15) is 5.26 Å². The van der Waals surface area contributed by atoms with Gasteiger partial charge in [0.25, 0.3) is 0 Å². The average Bonchev–Trinajstić information content (AvgIpc) is 2.98. The molecule has 1 saturated heterocycles. The molecular formula is C13H17N3O3S. The van der Waals surface area contributed by atoms with Gasteiger partial charge in [-0.3, -0.25) is 4.79 Å². The lowest BCUT2D eigenvalue weighted by molar-refractivity contribution is -0.00461. The number of carbonyl (C=O) groups excluding carboxylic acids is 1. The van der Waals surface area contributed by atoms with E-state index in [0.717, 1.165) is 5.00 Å². The van der Waals surface area contributed by atoms with Gasteiger partial charge < -0.3 is 20.1 Å². The average molecular weight is 295 g/mol. The molecule has 0 bridgehead atoms. The Morgan fingerprint density at radius 3 is 2.35 bits per heavy atom. The van der Waals surface area contributed by atoms with Crippen LogP contribution in [0.25, 0.3) is 0 Å². The predicted molar refractivity (Wildman–Crippen MR) is 77.3 cm³/mol. The molecule has 2 rings (SSSR count). The second-order valence-electron chi connectivity index (χ2n) is 4.65. The van der Waals surface area contributed by atoms with Gasteiger partial charge in [0.05, 0.1) is 10.6 Å². The van der Waals surface area contributed by atoms with E-state index in [1.165, 1.54) is 18.3 Å². The molecule has 20 heavy (non-hydrogen) atoms. The SMILES string of the molecule is COC1CN(c2sc(C(C)=O)c(N)c2C#N)CC1OC. The van der Waals surface area contributed by atoms with Gasteiger partial charge >= 0.3 is 0 Å². The number of hydrogen-bond acceptors (Lipinski definition) is 7. The molecule has 0 radical (unpaired) electrons. The lowest BCUT2D eigenvalue weighted by atomic mass is 10.2. The Morgan fingerprint density at radius 2 is 1.95 bits per heavy atom. The van der Waals surface area contributed by atoms with Crippen molar-refractivity contribution < 1.29 is 14.3 Å². The van der Waals surface area contributed by atoms with Gasteiger partial charge in [0, 0.05) is 34.2 Å². The van der Waals surface area contributed by atoms with Crippen LogP contribution in [-0.4, -0.2) is 45.3 Å². The summed E-state index contributed by atoms with van der Waals surface area (Å²) in [4.78, 5) is 14.0. The van der Waals surface area contributed by atoms with Crippen molar-refractivity contribution in [2.24, 2.45) is 0 Å². The number of ether oxygens (including phenoxy) is 2. The second kappa shape index (κ2) is 5.79. The fraction of sp³-hybridized carbons (Fsp3) is 0.538. The molecule has 6 nitrogen and oxygen atoms in total. The van der Waals surface area contributed by atoms with Crippen LogP contribution in [0.2, 0.25) is 0 Å². The number of nitrogens with zero attached hydrogens (tertiary/aromatic N) is 2.